The number of anilines is 1. The average molecular weight is 320 g/mol. The van der Waals surface area contributed by atoms with Crippen molar-refractivity contribution in [2.24, 2.45) is 0 Å². The first-order chi connectivity index (χ1) is 11.7. The fourth-order valence-corrected chi connectivity index (χ4v) is 2.31. The molecular formula is C18H13FN4O. The van der Waals surface area contributed by atoms with Crippen molar-refractivity contribution in [2.45, 2.75) is 6.42 Å². The number of hydrogen-bond acceptors (Lipinski definition) is 3. The van der Waals surface area contributed by atoms with E-state index in [1.807, 2.05) is 6.07 Å². The molecule has 1 amide bonds. The van der Waals surface area contributed by atoms with Crippen LogP contribution in [0.1, 0.15) is 11.1 Å². The highest BCUT2D eigenvalue weighted by molar-refractivity contribution is 5.94. The van der Waals surface area contributed by atoms with Gasteiger partial charge in [-0.1, -0.05) is 12.1 Å². The molecule has 0 aliphatic carbocycles. The molecule has 0 saturated carbocycles. The minimum Gasteiger partial charge on any atom is -0.272 e. The van der Waals surface area contributed by atoms with Crippen LogP contribution in [-0.4, -0.2) is 15.6 Å². The lowest BCUT2D eigenvalue weighted by molar-refractivity contribution is -0.118. The van der Waals surface area contributed by atoms with E-state index >= 15 is 0 Å². The van der Waals surface area contributed by atoms with Crippen molar-refractivity contribution >= 4 is 11.6 Å². The largest absolute Gasteiger partial charge is 0.272 e. The van der Waals surface area contributed by atoms with Gasteiger partial charge in [0.25, 0.3) is 5.91 Å². The molecule has 24 heavy (non-hydrogen) atoms. The van der Waals surface area contributed by atoms with Crippen LogP contribution in [0.5, 0.6) is 0 Å². The van der Waals surface area contributed by atoms with E-state index in [0.29, 0.717) is 16.8 Å². The van der Waals surface area contributed by atoms with Gasteiger partial charge in [0.15, 0.2) is 0 Å². The third-order valence-electron chi connectivity index (χ3n) is 3.47. The van der Waals surface area contributed by atoms with Gasteiger partial charge in [-0.15, -0.1) is 0 Å². The quantitative estimate of drug-likeness (QED) is 0.742. The molecule has 0 unspecified atom stereocenters. The highest BCUT2D eigenvalue weighted by atomic mass is 19.1. The van der Waals surface area contributed by atoms with Gasteiger partial charge in [0, 0.05) is 12.4 Å². The number of imidazole rings is 1. The lowest BCUT2D eigenvalue weighted by atomic mass is 10.1. The summed E-state index contributed by atoms with van der Waals surface area (Å²) < 4.78 is 14.6. The van der Waals surface area contributed by atoms with Gasteiger partial charge in [-0.05, 0) is 42.0 Å². The Kier molecular flexibility index (Phi) is 4.34. The number of carbonyl (C=O) groups excluding carboxylic acids is 1. The minimum absolute atomic E-state index is 0.110. The summed E-state index contributed by atoms with van der Waals surface area (Å²) in [4.78, 5) is 16.7. The molecule has 0 N–H and O–H groups in total. The molecule has 0 fully saturated rings. The van der Waals surface area contributed by atoms with Gasteiger partial charge in [0.1, 0.15) is 12.1 Å². The Morgan fingerprint density at radius 1 is 1.17 bits per heavy atom. The van der Waals surface area contributed by atoms with E-state index in [1.165, 1.54) is 23.5 Å². The Labute approximate surface area is 138 Å². The van der Waals surface area contributed by atoms with E-state index in [0.717, 1.165) is 0 Å². The van der Waals surface area contributed by atoms with E-state index in [1.54, 1.807) is 53.5 Å². The first kappa shape index (κ1) is 15.4. The van der Waals surface area contributed by atoms with Crippen molar-refractivity contribution in [2.75, 3.05) is 5.01 Å². The third-order valence-corrected chi connectivity index (χ3v) is 3.47. The van der Waals surface area contributed by atoms with Crippen LogP contribution in [0.2, 0.25) is 0 Å². The topological polar surface area (TPSA) is 61.9 Å². The summed E-state index contributed by atoms with van der Waals surface area (Å²) in [7, 11) is 0. The van der Waals surface area contributed by atoms with E-state index in [2.05, 4.69) is 4.98 Å². The summed E-state index contributed by atoms with van der Waals surface area (Å²) >= 11 is 0. The van der Waals surface area contributed by atoms with Gasteiger partial charge >= 0.3 is 0 Å². The Morgan fingerprint density at radius 3 is 2.46 bits per heavy atom. The van der Waals surface area contributed by atoms with Crippen LogP contribution in [0.25, 0.3) is 0 Å². The van der Waals surface area contributed by atoms with Gasteiger partial charge < -0.3 is 0 Å². The van der Waals surface area contributed by atoms with E-state index in [9.17, 15) is 9.18 Å². The molecule has 0 aliphatic rings. The maximum absolute atomic E-state index is 13.0. The number of aromatic nitrogens is 2. The average Bonchev–Trinajstić information content (AvgIpc) is 3.12. The molecule has 1 aromatic heterocycles. The van der Waals surface area contributed by atoms with Crippen LogP contribution in [0, 0.1) is 17.1 Å². The first-order valence-electron chi connectivity index (χ1n) is 7.23. The molecule has 1 heterocycles. The van der Waals surface area contributed by atoms with E-state index < -0.39 is 0 Å². The molecule has 2 aromatic carbocycles. The normalized spacial score (nSPS) is 10.2. The maximum atomic E-state index is 13.0. The zero-order valence-corrected chi connectivity index (χ0v) is 12.6. The summed E-state index contributed by atoms with van der Waals surface area (Å²) in [5, 5.41) is 10.4. The van der Waals surface area contributed by atoms with Crippen molar-refractivity contribution in [1.29, 1.82) is 5.26 Å². The fourth-order valence-electron chi connectivity index (χ4n) is 2.31. The molecule has 0 saturated heterocycles. The summed E-state index contributed by atoms with van der Waals surface area (Å²) in [6.07, 6.45) is 4.85. The second kappa shape index (κ2) is 6.75. The SMILES string of the molecule is N#Cc1ccc(N(C(=O)Cc2ccc(F)cc2)n2ccnc2)cc1. The monoisotopic (exact) mass is 320 g/mol. The van der Waals surface area contributed by atoms with Crippen molar-refractivity contribution in [3.8, 4) is 6.07 Å². The van der Waals surface area contributed by atoms with Crippen LogP contribution >= 0.6 is 0 Å². The number of nitriles is 1. The van der Waals surface area contributed by atoms with Crippen molar-refractivity contribution in [3.05, 3.63) is 84.2 Å². The zero-order valence-electron chi connectivity index (χ0n) is 12.6. The molecule has 0 aliphatic heterocycles. The highest BCUT2D eigenvalue weighted by Gasteiger charge is 2.18. The van der Waals surface area contributed by atoms with Crippen LogP contribution < -0.4 is 5.01 Å². The molecule has 0 atom stereocenters. The Morgan fingerprint density at radius 2 is 1.88 bits per heavy atom. The van der Waals surface area contributed by atoms with Crippen LogP contribution in [0.3, 0.4) is 0 Å². The first-order valence-corrected chi connectivity index (χ1v) is 7.23. The third kappa shape index (κ3) is 3.31. The Hall–Kier alpha value is -3.46. The second-order valence-electron chi connectivity index (χ2n) is 5.11. The molecule has 118 valence electrons. The number of carbonyl (C=O) groups is 1. The van der Waals surface area contributed by atoms with Gasteiger partial charge in [-0.3, -0.25) is 4.79 Å². The molecule has 3 aromatic rings. The summed E-state index contributed by atoms with van der Waals surface area (Å²) in [5.74, 6) is -0.547. The van der Waals surface area contributed by atoms with Crippen LogP contribution in [0.4, 0.5) is 10.1 Å². The van der Waals surface area contributed by atoms with Crippen LogP contribution in [-0.2, 0) is 11.2 Å². The molecule has 3 rings (SSSR count). The predicted molar refractivity (Wildman–Crippen MR) is 86.4 cm³/mol. The molecular weight excluding hydrogens is 307 g/mol. The smallest absolute Gasteiger partial charge is 0.250 e. The van der Waals surface area contributed by atoms with Gasteiger partial charge in [0.2, 0.25) is 0 Å². The lowest BCUT2D eigenvalue weighted by Gasteiger charge is -2.23. The summed E-state index contributed by atoms with van der Waals surface area (Å²) in [6.45, 7) is 0. The summed E-state index contributed by atoms with van der Waals surface area (Å²) in [5.41, 5.74) is 1.83. The molecule has 0 radical (unpaired) electrons. The van der Waals surface area contributed by atoms with E-state index in [4.69, 9.17) is 5.26 Å². The van der Waals surface area contributed by atoms with Crippen molar-refractivity contribution in [1.82, 2.24) is 9.66 Å². The standard InChI is InChI=1S/C18H13FN4O/c19-16-5-1-14(2-6-16)11-18(24)23(22-10-9-21-13-22)17-7-3-15(12-20)4-8-17/h1-10,13H,11H2. The molecule has 0 spiro atoms. The Bertz CT molecular complexity index is 865. The van der Waals surface area contributed by atoms with E-state index in [-0.39, 0.29) is 18.1 Å². The van der Waals surface area contributed by atoms with Crippen molar-refractivity contribution < 1.29 is 9.18 Å². The van der Waals surface area contributed by atoms with Crippen molar-refractivity contribution in [3.63, 3.8) is 0 Å². The second-order valence-corrected chi connectivity index (χ2v) is 5.11. The van der Waals surface area contributed by atoms with Gasteiger partial charge in [-0.2, -0.15) is 5.26 Å². The fraction of sp³-hybridized carbons (Fsp3) is 0.0556. The van der Waals surface area contributed by atoms with Gasteiger partial charge in [-0.25, -0.2) is 19.1 Å². The highest BCUT2D eigenvalue weighted by Crippen LogP contribution is 2.18. The predicted octanol–water partition coefficient (Wildman–Crippen LogP) is 2.93. The molecule has 5 nitrogen and oxygen atoms in total. The number of halogens is 1. The van der Waals surface area contributed by atoms with Crippen LogP contribution in [0.15, 0.2) is 67.3 Å². The van der Waals surface area contributed by atoms with Gasteiger partial charge in [0.05, 0.1) is 23.7 Å². The number of nitrogens with zero attached hydrogens (tertiary/aromatic N) is 4. The number of amides is 1. The molecule has 0 bridgehead atoms. The Balaban J connectivity index is 1.91. The zero-order chi connectivity index (χ0) is 16.9. The summed E-state index contributed by atoms with van der Waals surface area (Å²) in [6, 6.07) is 14.5. The maximum Gasteiger partial charge on any atom is 0.250 e. The number of hydrogen-bond donors (Lipinski definition) is 0. The number of benzene rings is 2. The lowest BCUT2D eigenvalue weighted by Crippen LogP contribution is -2.36. The minimum atomic E-state index is -0.343. The number of rotatable bonds is 4. The molecule has 6 heteroatoms.